The maximum Gasteiger partial charge on any atom is 0.408 e. The summed E-state index contributed by atoms with van der Waals surface area (Å²) in [6, 6.07) is 11.3. The number of rotatable bonds is 9. The average Bonchev–Trinajstić information content (AvgIpc) is 2.70. The molecule has 4 N–H and O–H groups in total. The minimum absolute atomic E-state index is 0.0435. The Morgan fingerprint density at radius 3 is 2.30 bits per heavy atom. The first-order chi connectivity index (χ1) is 14.3. The summed E-state index contributed by atoms with van der Waals surface area (Å²) in [4.78, 5) is 36.0. The molecular weight excluding hydrogens is 395 g/mol. The van der Waals surface area contributed by atoms with Gasteiger partial charge in [-0.15, -0.1) is 0 Å². The van der Waals surface area contributed by atoms with Gasteiger partial charge in [-0.25, -0.2) is 14.0 Å². The first kappa shape index (κ1) is 22.8. The molecule has 0 saturated carbocycles. The van der Waals surface area contributed by atoms with E-state index in [1.165, 1.54) is 25.1 Å². The molecule has 0 unspecified atom stereocenters. The number of aliphatic hydroxyl groups excluding tert-OH is 1. The van der Waals surface area contributed by atoms with Crippen molar-refractivity contribution in [1.82, 2.24) is 10.6 Å². The van der Waals surface area contributed by atoms with Crippen molar-refractivity contribution in [2.45, 2.75) is 38.1 Å². The maximum atomic E-state index is 13.3. The largest absolute Gasteiger partial charge is 0.480 e. The highest BCUT2D eigenvalue weighted by Crippen LogP contribution is 2.08. The maximum absolute atomic E-state index is 13.3. The first-order valence-corrected chi connectivity index (χ1v) is 9.19. The monoisotopic (exact) mass is 418 g/mol. The van der Waals surface area contributed by atoms with E-state index in [1.807, 2.05) is 0 Å². The number of carboxylic acids is 1. The molecule has 0 radical (unpaired) electrons. The Bertz CT molecular complexity index is 875. The average molecular weight is 418 g/mol. The number of carbonyl (C=O) groups is 3. The van der Waals surface area contributed by atoms with Gasteiger partial charge in [0.05, 0.1) is 6.10 Å². The van der Waals surface area contributed by atoms with Crippen molar-refractivity contribution in [3.05, 3.63) is 71.5 Å². The number of hydrogen-bond donors (Lipinski definition) is 4. The number of ether oxygens (including phenoxy) is 1. The number of aliphatic hydroxyl groups is 1. The van der Waals surface area contributed by atoms with Crippen LogP contribution in [0.2, 0.25) is 0 Å². The lowest BCUT2D eigenvalue weighted by molar-refractivity contribution is -0.142. The zero-order valence-electron chi connectivity index (χ0n) is 16.2. The summed E-state index contributed by atoms with van der Waals surface area (Å²) >= 11 is 0. The summed E-state index contributed by atoms with van der Waals surface area (Å²) in [5.74, 6) is -2.79. The Labute approximate surface area is 172 Å². The fourth-order valence-electron chi connectivity index (χ4n) is 2.66. The van der Waals surface area contributed by atoms with Crippen LogP contribution in [0.1, 0.15) is 18.1 Å². The van der Waals surface area contributed by atoms with Crippen LogP contribution in [0.25, 0.3) is 0 Å². The van der Waals surface area contributed by atoms with Gasteiger partial charge in [0.2, 0.25) is 5.91 Å². The summed E-state index contributed by atoms with van der Waals surface area (Å²) in [5, 5.41) is 23.7. The van der Waals surface area contributed by atoms with Crippen molar-refractivity contribution in [2.75, 3.05) is 0 Å². The summed E-state index contributed by atoms with van der Waals surface area (Å²) < 4.78 is 18.3. The third-order valence-corrected chi connectivity index (χ3v) is 4.19. The number of carboxylic acid groups (broad SMARTS) is 1. The number of alkyl carbamates (subject to hydrolysis) is 1. The van der Waals surface area contributed by atoms with Gasteiger partial charge in [-0.2, -0.15) is 0 Å². The molecule has 0 spiro atoms. The molecule has 2 amide bonds. The smallest absolute Gasteiger partial charge is 0.408 e. The minimum Gasteiger partial charge on any atom is -0.480 e. The Morgan fingerprint density at radius 1 is 1.03 bits per heavy atom. The lowest BCUT2D eigenvalue weighted by atomic mass is 10.0. The van der Waals surface area contributed by atoms with Gasteiger partial charge in [-0.3, -0.25) is 4.79 Å². The van der Waals surface area contributed by atoms with E-state index >= 15 is 0 Å². The van der Waals surface area contributed by atoms with Crippen LogP contribution in [0, 0.1) is 5.82 Å². The van der Waals surface area contributed by atoms with Gasteiger partial charge in [0.25, 0.3) is 0 Å². The van der Waals surface area contributed by atoms with E-state index in [2.05, 4.69) is 10.6 Å². The molecule has 0 aromatic heterocycles. The van der Waals surface area contributed by atoms with Crippen LogP contribution in [0.4, 0.5) is 9.18 Å². The van der Waals surface area contributed by atoms with Gasteiger partial charge in [-0.1, -0.05) is 42.5 Å². The van der Waals surface area contributed by atoms with Gasteiger partial charge in [-0.05, 0) is 30.2 Å². The van der Waals surface area contributed by atoms with Gasteiger partial charge >= 0.3 is 12.1 Å². The third kappa shape index (κ3) is 7.17. The summed E-state index contributed by atoms with van der Waals surface area (Å²) in [5.41, 5.74) is 1.10. The van der Waals surface area contributed by atoms with Crippen LogP contribution in [0.15, 0.2) is 54.6 Å². The standard InChI is InChI=1S/C21H23FN2O6/c1-13(25)18(24-21(29)30-12-14-6-3-2-4-7-14)19(26)23-17(20(27)28)11-15-8-5-9-16(22)10-15/h2-10,13,17-18,25H,11-12H2,1H3,(H,23,26)(H,24,29)(H,27,28)/t13-,17+,18+/m1/s1. The lowest BCUT2D eigenvalue weighted by Crippen LogP contribution is -2.56. The van der Waals surface area contributed by atoms with E-state index in [0.717, 1.165) is 11.6 Å². The van der Waals surface area contributed by atoms with E-state index in [1.54, 1.807) is 30.3 Å². The highest BCUT2D eigenvalue weighted by molar-refractivity contribution is 5.89. The van der Waals surface area contributed by atoms with Crippen LogP contribution in [-0.4, -0.2) is 46.4 Å². The molecule has 3 atom stereocenters. The molecule has 160 valence electrons. The molecule has 0 heterocycles. The second-order valence-corrected chi connectivity index (χ2v) is 6.66. The zero-order chi connectivity index (χ0) is 22.1. The Hall–Kier alpha value is -3.46. The third-order valence-electron chi connectivity index (χ3n) is 4.19. The van der Waals surface area contributed by atoms with Crippen molar-refractivity contribution in [1.29, 1.82) is 0 Å². The number of benzene rings is 2. The second kappa shape index (κ2) is 10.9. The van der Waals surface area contributed by atoms with Crippen molar-refractivity contribution >= 4 is 18.0 Å². The molecule has 0 bridgehead atoms. The molecule has 0 aliphatic rings. The van der Waals surface area contributed by atoms with Crippen LogP contribution in [0.3, 0.4) is 0 Å². The minimum atomic E-state index is -1.44. The van der Waals surface area contributed by atoms with Gasteiger partial charge in [0, 0.05) is 6.42 Å². The van der Waals surface area contributed by atoms with E-state index < -0.39 is 42.0 Å². The molecule has 0 aliphatic heterocycles. The van der Waals surface area contributed by atoms with E-state index in [0.29, 0.717) is 5.56 Å². The summed E-state index contributed by atoms with van der Waals surface area (Å²) in [7, 11) is 0. The lowest BCUT2D eigenvalue weighted by Gasteiger charge is -2.23. The predicted octanol–water partition coefficient (Wildman–Crippen LogP) is 1.61. The molecular formula is C21H23FN2O6. The molecule has 2 aromatic rings. The topological polar surface area (TPSA) is 125 Å². The molecule has 2 rings (SSSR count). The van der Waals surface area contributed by atoms with Crippen molar-refractivity contribution < 1.29 is 33.7 Å². The molecule has 2 aromatic carbocycles. The highest BCUT2D eigenvalue weighted by Gasteiger charge is 2.30. The summed E-state index contributed by atoms with van der Waals surface area (Å²) in [6.45, 7) is 1.22. The number of halogens is 1. The number of amides is 2. The molecule has 0 aliphatic carbocycles. The second-order valence-electron chi connectivity index (χ2n) is 6.66. The molecule has 30 heavy (non-hydrogen) atoms. The Morgan fingerprint density at radius 2 is 1.70 bits per heavy atom. The number of nitrogens with one attached hydrogen (secondary N) is 2. The van der Waals surface area contributed by atoms with Crippen LogP contribution < -0.4 is 10.6 Å². The SMILES string of the molecule is C[C@@H](O)[C@H](NC(=O)OCc1ccccc1)C(=O)N[C@@H](Cc1cccc(F)c1)C(=O)O. The number of carbonyl (C=O) groups excluding carboxylic acids is 2. The number of aliphatic carboxylic acids is 1. The van der Waals surface area contributed by atoms with Crippen molar-refractivity contribution in [3.8, 4) is 0 Å². The van der Waals surface area contributed by atoms with Gasteiger partial charge < -0.3 is 25.6 Å². The van der Waals surface area contributed by atoms with E-state index in [9.17, 15) is 29.0 Å². The fraction of sp³-hybridized carbons (Fsp3) is 0.286. The molecule has 9 heteroatoms. The quantitative estimate of drug-likeness (QED) is 0.490. The van der Waals surface area contributed by atoms with E-state index in [-0.39, 0.29) is 13.0 Å². The van der Waals surface area contributed by atoms with Gasteiger partial charge in [0.1, 0.15) is 24.5 Å². The zero-order valence-corrected chi connectivity index (χ0v) is 16.2. The van der Waals surface area contributed by atoms with Gasteiger partial charge in [0.15, 0.2) is 0 Å². The molecule has 0 saturated heterocycles. The molecule has 8 nitrogen and oxygen atoms in total. The highest BCUT2D eigenvalue weighted by atomic mass is 19.1. The Kier molecular flexibility index (Phi) is 8.30. The normalized spacial score (nSPS) is 13.6. The van der Waals surface area contributed by atoms with Crippen molar-refractivity contribution in [2.24, 2.45) is 0 Å². The van der Waals surface area contributed by atoms with Crippen LogP contribution >= 0.6 is 0 Å². The van der Waals surface area contributed by atoms with E-state index in [4.69, 9.17) is 4.74 Å². The first-order valence-electron chi connectivity index (χ1n) is 9.19. The van der Waals surface area contributed by atoms with Crippen LogP contribution in [0.5, 0.6) is 0 Å². The predicted molar refractivity (Wildman–Crippen MR) is 105 cm³/mol. The molecule has 0 fully saturated rings. The summed E-state index contributed by atoms with van der Waals surface area (Å²) in [6.07, 6.45) is -2.45. The number of hydrogen-bond acceptors (Lipinski definition) is 5. The van der Waals surface area contributed by atoms with Crippen LogP contribution in [-0.2, 0) is 27.4 Å². The Balaban J connectivity index is 1.98. The fourth-order valence-corrected chi connectivity index (χ4v) is 2.66. The van der Waals surface area contributed by atoms with Crippen molar-refractivity contribution in [3.63, 3.8) is 0 Å².